The van der Waals surface area contributed by atoms with Crippen LogP contribution in [-0.4, -0.2) is 10.9 Å². The van der Waals surface area contributed by atoms with Crippen LogP contribution in [0.15, 0.2) is 58.3 Å². The molecule has 0 fully saturated rings. The lowest BCUT2D eigenvalue weighted by molar-refractivity contribution is 0.0951. The van der Waals surface area contributed by atoms with Gasteiger partial charge in [0.2, 0.25) is 0 Å². The highest BCUT2D eigenvalue weighted by Crippen LogP contribution is 2.26. The maximum absolute atomic E-state index is 12.3. The van der Waals surface area contributed by atoms with Crippen molar-refractivity contribution in [2.24, 2.45) is 0 Å². The molecule has 0 saturated carbocycles. The molecule has 0 bridgehead atoms. The number of hydrogen-bond donors (Lipinski definition) is 1. The number of hydrogen-bond acceptors (Lipinski definition) is 4. The molecule has 3 aromatic rings. The Hall–Kier alpha value is -2.11. The highest BCUT2D eigenvalue weighted by molar-refractivity contribution is 8.00. The van der Waals surface area contributed by atoms with Gasteiger partial charge in [-0.2, -0.15) is 0 Å². The first-order valence-corrected chi connectivity index (χ1v) is 9.94. The fourth-order valence-electron chi connectivity index (χ4n) is 2.29. The van der Waals surface area contributed by atoms with Crippen LogP contribution in [0.5, 0.6) is 0 Å². The van der Waals surface area contributed by atoms with Gasteiger partial charge < -0.3 is 5.32 Å². The lowest BCUT2D eigenvalue weighted by Crippen LogP contribution is -2.22. The summed E-state index contributed by atoms with van der Waals surface area (Å²) in [6.45, 7) is 4.60. The zero-order chi connectivity index (χ0) is 17.6. The van der Waals surface area contributed by atoms with Gasteiger partial charge in [0.15, 0.2) is 0 Å². The van der Waals surface area contributed by atoms with Crippen LogP contribution >= 0.6 is 23.1 Å². The van der Waals surface area contributed by atoms with Gasteiger partial charge in [0.25, 0.3) is 5.91 Å². The van der Waals surface area contributed by atoms with E-state index in [0.717, 1.165) is 21.3 Å². The monoisotopic (exact) mass is 368 g/mol. The second-order valence-electron chi connectivity index (χ2n) is 5.91. The number of thioether (sulfide) groups is 1. The van der Waals surface area contributed by atoms with Gasteiger partial charge in [-0.3, -0.25) is 4.79 Å². The number of carbonyl (C=O) groups excluding carboxylic acids is 1. The van der Waals surface area contributed by atoms with Crippen molar-refractivity contribution in [2.45, 2.75) is 30.5 Å². The molecule has 5 heteroatoms. The van der Waals surface area contributed by atoms with Crippen LogP contribution in [0.2, 0.25) is 0 Å². The predicted molar refractivity (Wildman–Crippen MR) is 105 cm³/mol. The zero-order valence-corrected chi connectivity index (χ0v) is 15.9. The van der Waals surface area contributed by atoms with E-state index in [1.807, 2.05) is 43.3 Å². The van der Waals surface area contributed by atoms with Gasteiger partial charge in [-0.1, -0.05) is 53.7 Å². The van der Waals surface area contributed by atoms with E-state index in [1.54, 1.807) is 23.1 Å². The molecule has 25 heavy (non-hydrogen) atoms. The molecule has 3 nitrogen and oxygen atoms in total. The first-order valence-electron chi connectivity index (χ1n) is 8.08. The van der Waals surface area contributed by atoms with Gasteiger partial charge in [0, 0.05) is 28.9 Å². The summed E-state index contributed by atoms with van der Waals surface area (Å²) in [7, 11) is 0. The predicted octanol–water partition coefficient (Wildman–Crippen LogP) is 4.98. The summed E-state index contributed by atoms with van der Waals surface area (Å²) in [6.07, 6.45) is 0. The molecule has 1 amide bonds. The smallest absolute Gasteiger partial charge is 0.251 e. The molecule has 0 radical (unpaired) electrons. The minimum absolute atomic E-state index is 0.0460. The number of nitrogens with one attached hydrogen (secondary N) is 1. The Morgan fingerprint density at radius 2 is 1.72 bits per heavy atom. The fourth-order valence-corrected chi connectivity index (χ4v) is 4.09. The first kappa shape index (κ1) is 17.7. The second kappa shape index (κ2) is 8.32. The lowest BCUT2D eigenvalue weighted by Gasteiger charge is -2.07. The van der Waals surface area contributed by atoms with E-state index >= 15 is 0 Å². The van der Waals surface area contributed by atoms with Gasteiger partial charge in [-0.15, -0.1) is 11.3 Å². The number of aromatic nitrogens is 1. The average molecular weight is 369 g/mol. The minimum Gasteiger partial charge on any atom is -0.348 e. The summed E-state index contributed by atoms with van der Waals surface area (Å²) < 4.78 is 1.08. The van der Waals surface area contributed by atoms with Crippen molar-refractivity contribution in [3.05, 3.63) is 81.9 Å². The van der Waals surface area contributed by atoms with Crippen molar-refractivity contribution in [3.8, 4) is 0 Å². The van der Waals surface area contributed by atoms with E-state index in [4.69, 9.17) is 0 Å². The second-order valence-corrected chi connectivity index (χ2v) is 7.99. The molecule has 1 aromatic heterocycles. The van der Waals surface area contributed by atoms with Gasteiger partial charge >= 0.3 is 0 Å². The van der Waals surface area contributed by atoms with Crippen LogP contribution in [0.3, 0.4) is 0 Å². The van der Waals surface area contributed by atoms with Gasteiger partial charge in [0.1, 0.15) is 4.34 Å². The topological polar surface area (TPSA) is 42.0 Å². The number of rotatable bonds is 6. The fraction of sp³-hybridized carbons (Fsp3) is 0.200. The van der Waals surface area contributed by atoms with Gasteiger partial charge in [-0.25, -0.2) is 4.98 Å². The third-order valence-electron chi connectivity index (χ3n) is 3.75. The van der Waals surface area contributed by atoms with Crippen molar-refractivity contribution in [1.82, 2.24) is 10.3 Å². The molecule has 0 saturated heterocycles. The van der Waals surface area contributed by atoms with Crippen LogP contribution in [0, 0.1) is 13.8 Å². The highest BCUT2D eigenvalue weighted by atomic mass is 32.2. The van der Waals surface area contributed by atoms with E-state index in [-0.39, 0.29) is 5.91 Å². The normalized spacial score (nSPS) is 10.6. The Labute approximate surface area is 156 Å². The number of benzene rings is 2. The van der Waals surface area contributed by atoms with Crippen LogP contribution in [-0.2, 0) is 12.3 Å². The molecule has 1 heterocycles. The Morgan fingerprint density at radius 3 is 2.36 bits per heavy atom. The van der Waals surface area contributed by atoms with Crippen LogP contribution < -0.4 is 5.32 Å². The number of carbonyl (C=O) groups is 1. The number of amides is 1. The average Bonchev–Trinajstić information content (AvgIpc) is 3.05. The molecule has 0 aliphatic heterocycles. The Morgan fingerprint density at radius 1 is 1.04 bits per heavy atom. The van der Waals surface area contributed by atoms with Crippen LogP contribution in [0.1, 0.15) is 32.7 Å². The number of aryl methyl sites for hydroxylation is 2. The van der Waals surface area contributed by atoms with Gasteiger partial charge in [-0.05, 0) is 37.1 Å². The highest BCUT2D eigenvalue weighted by Gasteiger charge is 2.06. The van der Waals surface area contributed by atoms with E-state index in [2.05, 4.69) is 34.7 Å². The van der Waals surface area contributed by atoms with Crippen molar-refractivity contribution < 1.29 is 4.79 Å². The van der Waals surface area contributed by atoms with Crippen molar-refractivity contribution in [3.63, 3.8) is 0 Å². The quantitative estimate of drug-likeness (QED) is 0.624. The summed E-state index contributed by atoms with van der Waals surface area (Å²) in [5, 5.41) is 5.02. The molecule has 0 unspecified atom stereocenters. The zero-order valence-electron chi connectivity index (χ0n) is 14.3. The molecule has 3 rings (SSSR count). The number of nitrogens with zero attached hydrogens (tertiary/aromatic N) is 1. The SMILES string of the molecule is Cc1ccc(CNC(=O)c2ccc(CSc3nc(C)cs3)cc2)cc1. The molecule has 0 aliphatic rings. The molecular formula is C20H20N2OS2. The number of thiazole rings is 1. The van der Waals surface area contributed by atoms with Crippen molar-refractivity contribution in [1.29, 1.82) is 0 Å². The Kier molecular flexibility index (Phi) is 5.89. The third kappa shape index (κ3) is 5.18. The molecule has 128 valence electrons. The lowest BCUT2D eigenvalue weighted by atomic mass is 10.1. The van der Waals surface area contributed by atoms with E-state index in [1.165, 1.54) is 11.1 Å². The Balaban J connectivity index is 1.52. The molecule has 0 spiro atoms. The maximum atomic E-state index is 12.3. The van der Waals surface area contributed by atoms with E-state index in [9.17, 15) is 4.79 Å². The van der Waals surface area contributed by atoms with E-state index < -0.39 is 0 Å². The summed E-state index contributed by atoms with van der Waals surface area (Å²) >= 11 is 3.39. The van der Waals surface area contributed by atoms with Crippen LogP contribution in [0.25, 0.3) is 0 Å². The van der Waals surface area contributed by atoms with Crippen molar-refractivity contribution >= 4 is 29.0 Å². The third-order valence-corrected chi connectivity index (χ3v) is 5.96. The summed E-state index contributed by atoms with van der Waals surface area (Å²) in [5.41, 5.74) is 5.26. The minimum atomic E-state index is -0.0460. The van der Waals surface area contributed by atoms with E-state index in [0.29, 0.717) is 12.1 Å². The molecule has 0 aliphatic carbocycles. The summed E-state index contributed by atoms with van der Waals surface area (Å²) in [6, 6.07) is 16.0. The first-order chi connectivity index (χ1) is 12.1. The molecular weight excluding hydrogens is 348 g/mol. The molecule has 2 aromatic carbocycles. The summed E-state index contributed by atoms with van der Waals surface area (Å²) in [5.74, 6) is 0.813. The Bertz CT molecular complexity index is 839. The van der Waals surface area contributed by atoms with Crippen LogP contribution in [0.4, 0.5) is 0 Å². The standard InChI is InChI=1S/C20H20N2OS2/c1-14-3-5-16(6-4-14)11-21-19(23)18-9-7-17(8-10-18)13-25-20-22-15(2)12-24-20/h3-10,12H,11,13H2,1-2H3,(H,21,23). The largest absolute Gasteiger partial charge is 0.348 e. The maximum Gasteiger partial charge on any atom is 0.251 e. The van der Waals surface area contributed by atoms with Crippen molar-refractivity contribution in [2.75, 3.05) is 0 Å². The molecule has 0 atom stereocenters. The molecule has 1 N–H and O–H groups in total. The summed E-state index contributed by atoms with van der Waals surface area (Å²) in [4.78, 5) is 16.7. The van der Waals surface area contributed by atoms with Gasteiger partial charge in [0.05, 0.1) is 0 Å².